The number of halogens is 2. The molecule has 2 rings (SSSR count). The highest BCUT2D eigenvalue weighted by Gasteiger charge is 2.16. The van der Waals surface area contributed by atoms with Crippen LogP contribution in [0.4, 0.5) is 4.39 Å². The van der Waals surface area contributed by atoms with Crippen molar-refractivity contribution in [2.75, 3.05) is 34.3 Å². The topological polar surface area (TPSA) is 83.0 Å². The Bertz CT molecular complexity index is 934. The molecule has 1 aromatic carbocycles. The van der Waals surface area contributed by atoms with E-state index in [1.165, 1.54) is 25.3 Å². The molecule has 0 saturated carbocycles. The summed E-state index contributed by atoms with van der Waals surface area (Å²) in [5, 5.41) is 3.06. The summed E-state index contributed by atoms with van der Waals surface area (Å²) in [6, 6.07) is 7.75. The van der Waals surface area contributed by atoms with E-state index in [0.29, 0.717) is 23.4 Å². The van der Waals surface area contributed by atoms with Gasteiger partial charge in [-0.2, -0.15) is 0 Å². The van der Waals surface area contributed by atoms with Gasteiger partial charge in [-0.3, -0.25) is 4.99 Å². The number of thiophene rings is 1. The molecule has 1 aromatic heterocycles. The zero-order chi connectivity index (χ0) is 20.7. The van der Waals surface area contributed by atoms with Gasteiger partial charge in [-0.05, 0) is 29.8 Å². The first-order valence-electron chi connectivity index (χ1n) is 8.26. The number of nitrogens with one attached hydrogen (secondary N) is 2. The van der Waals surface area contributed by atoms with Gasteiger partial charge in [0.25, 0.3) is 0 Å². The molecule has 0 atom stereocenters. The highest BCUT2D eigenvalue weighted by Crippen LogP contribution is 2.25. The number of aliphatic imine (C=N–C) groups is 1. The van der Waals surface area contributed by atoms with Crippen LogP contribution in [0.2, 0.25) is 4.34 Å². The van der Waals surface area contributed by atoms with Crippen molar-refractivity contribution in [2.45, 2.75) is 10.8 Å². The van der Waals surface area contributed by atoms with Crippen LogP contribution >= 0.6 is 22.9 Å². The third-order valence-corrected chi connectivity index (χ3v) is 6.91. The van der Waals surface area contributed by atoms with Gasteiger partial charge >= 0.3 is 0 Å². The lowest BCUT2D eigenvalue weighted by molar-refractivity contribution is 0.385. The van der Waals surface area contributed by atoms with Gasteiger partial charge in [0.1, 0.15) is 4.21 Å². The zero-order valence-electron chi connectivity index (χ0n) is 15.7. The number of hydrogen-bond acceptors (Lipinski definition) is 5. The van der Waals surface area contributed by atoms with E-state index < -0.39 is 15.8 Å². The minimum absolute atomic E-state index is 0.167. The maximum atomic E-state index is 13.8. The van der Waals surface area contributed by atoms with E-state index in [1.807, 2.05) is 0 Å². The largest absolute Gasteiger partial charge is 0.494 e. The van der Waals surface area contributed by atoms with Crippen LogP contribution < -0.4 is 14.8 Å². The van der Waals surface area contributed by atoms with E-state index in [-0.39, 0.29) is 16.5 Å². The van der Waals surface area contributed by atoms with Gasteiger partial charge in [0.2, 0.25) is 10.0 Å². The molecule has 0 aliphatic carbocycles. The van der Waals surface area contributed by atoms with Crippen LogP contribution in [0.5, 0.6) is 5.75 Å². The Hall–Kier alpha value is -1.88. The average molecular weight is 449 g/mol. The van der Waals surface area contributed by atoms with Crippen molar-refractivity contribution < 1.29 is 17.5 Å². The molecule has 0 spiro atoms. The van der Waals surface area contributed by atoms with Crippen LogP contribution in [-0.2, 0) is 16.6 Å². The molecule has 154 valence electrons. The number of methoxy groups -OCH3 is 1. The van der Waals surface area contributed by atoms with Crippen molar-refractivity contribution in [1.82, 2.24) is 14.9 Å². The molecule has 1 heterocycles. The second-order valence-electron chi connectivity index (χ2n) is 5.76. The van der Waals surface area contributed by atoms with Crippen molar-refractivity contribution in [3.8, 4) is 5.75 Å². The van der Waals surface area contributed by atoms with Gasteiger partial charge in [-0.1, -0.05) is 17.7 Å². The van der Waals surface area contributed by atoms with E-state index >= 15 is 0 Å². The van der Waals surface area contributed by atoms with Crippen molar-refractivity contribution in [1.29, 1.82) is 0 Å². The Labute approximate surface area is 173 Å². The van der Waals surface area contributed by atoms with Crippen LogP contribution in [0.25, 0.3) is 0 Å². The van der Waals surface area contributed by atoms with Crippen LogP contribution in [0.3, 0.4) is 0 Å². The highest BCUT2D eigenvalue weighted by molar-refractivity contribution is 7.91. The zero-order valence-corrected chi connectivity index (χ0v) is 18.1. The summed E-state index contributed by atoms with van der Waals surface area (Å²) in [6.07, 6.45) is 0. The Kier molecular flexibility index (Phi) is 8.05. The number of nitrogens with zero attached hydrogens (tertiary/aromatic N) is 2. The first-order valence-corrected chi connectivity index (χ1v) is 10.9. The lowest BCUT2D eigenvalue weighted by Crippen LogP contribution is -2.42. The van der Waals surface area contributed by atoms with Crippen LogP contribution in [0.1, 0.15) is 5.56 Å². The summed E-state index contributed by atoms with van der Waals surface area (Å²) < 4.78 is 46.1. The Balaban J connectivity index is 1.86. The van der Waals surface area contributed by atoms with Crippen molar-refractivity contribution in [2.24, 2.45) is 4.99 Å². The van der Waals surface area contributed by atoms with Gasteiger partial charge in [0.15, 0.2) is 17.5 Å². The Morgan fingerprint density at radius 1 is 1.32 bits per heavy atom. The summed E-state index contributed by atoms with van der Waals surface area (Å²) in [6.45, 7) is 0.911. The molecule has 0 amide bonds. The molecule has 0 aliphatic rings. The molecule has 0 bridgehead atoms. The number of guanidine groups is 1. The summed E-state index contributed by atoms with van der Waals surface area (Å²) in [7, 11) is 1.24. The second-order valence-corrected chi connectivity index (χ2v) is 9.46. The summed E-state index contributed by atoms with van der Waals surface area (Å²) in [5.74, 6) is 0.308. The fourth-order valence-corrected chi connectivity index (χ4v) is 4.97. The quantitative estimate of drug-likeness (QED) is 0.368. The molecule has 28 heavy (non-hydrogen) atoms. The maximum Gasteiger partial charge on any atom is 0.250 e. The van der Waals surface area contributed by atoms with Crippen LogP contribution in [0.15, 0.2) is 39.5 Å². The number of ether oxygens (including phenoxy) is 1. The summed E-state index contributed by atoms with van der Waals surface area (Å²) >= 11 is 6.77. The normalized spacial score (nSPS) is 12.1. The standard InChI is InChI=1S/C17H22ClFN4O3S2/c1-20-17(23(2)11-12-4-5-14(26-3)13(19)10-12)21-8-9-22-28(24,25)16-7-6-15(18)27-16/h4-7,10,22H,8-9,11H2,1-3H3,(H,20,21). The van der Waals surface area contributed by atoms with Crippen LogP contribution in [-0.4, -0.2) is 53.6 Å². The van der Waals surface area contributed by atoms with Gasteiger partial charge in [0.05, 0.1) is 11.4 Å². The summed E-state index contributed by atoms with van der Waals surface area (Å²) in [5.41, 5.74) is 0.749. The fourth-order valence-electron chi connectivity index (χ4n) is 2.41. The van der Waals surface area contributed by atoms with Gasteiger partial charge in [-0.25, -0.2) is 17.5 Å². The molecule has 0 aliphatic heterocycles. The van der Waals surface area contributed by atoms with Crippen molar-refractivity contribution in [3.63, 3.8) is 0 Å². The van der Waals surface area contributed by atoms with Gasteiger partial charge in [-0.15, -0.1) is 11.3 Å². The SMILES string of the molecule is CN=C(NCCNS(=O)(=O)c1ccc(Cl)s1)N(C)Cc1ccc(OC)c(F)c1. The number of hydrogen-bond donors (Lipinski definition) is 2. The third-order valence-electron chi connectivity index (χ3n) is 3.72. The molecular formula is C17H22ClFN4O3S2. The first kappa shape index (κ1) is 22.4. The van der Waals surface area contributed by atoms with Crippen molar-refractivity contribution >= 4 is 38.9 Å². The molecule has 2 N–H and O–H groups in total. The molecular weight excluding hydrogens is 427 g/mol. The van der Waals surface area contributed by atoms with E-state index in [0.717, 1.165) is 16.9 Å². The summed E-state index contributed by atoms with van der Waals surface area (Å²) in [4.78, 5) is 5.96. The van der Waals surface area contributed by atoms with E-state index in [1.54, 1.807) is 31.1 Å². The molecule has 0 fully saturated rings. The third kappa shape index (κ3) is 6.06. The Morgan fingerprint density at radius 2 is 2.07 bits per heavy atom. The number of rotatable bonds is 8. The second kappa shape index (κ2) is 10.1. The van der Waals surface area contributed by atoms with Crippen LogP contribution in [0, 0.1) is 5.82 Å². The van der Waals surface area contributed by atoms with Gasteiger partial charge < -0.3 is 15.0 Å². The maximum absolute atomic E-state index is 13.8. The molecule has 2 aromatic rings. The fraction of sp³-hybridized carbons (Fsp3) is 0.353. The molecule has 0 radical (unpaired) electrons. The van der Waals surface area contributed by atoms with Crippen molar-refractivity contribution in [3.05, 3.63) is 46.0 Å². The minimum atomic E-state index is -3.59. The first-order chi connectivity index (χ1) is 13.3. The lowest BCUT2D eigenvalue weighted by Gasteiger charge is -2.22. The predicted molar refractivity (Wildman–Crippen MR) is 110 cm³/mol. The Morgan fingerprint density at radius 3 is 2.64 bits per heavy atom. The monoisotopic (exact) mass is 448 g/mol. The van der Waals surface area contributed by atoms with Gasteiger partial charge in [0, 0.05) is 33.7 Å². The molecule has 7 nitrogen and oxygen atoms in total. The smallest absolute Gasteiger partial charge is 0.250 e. The van der Waals surface area contributed by atoms with E-state index in [2.05, 4.69) is 15.0 Å². The lowest BCUT2D eigenvalue weighted by atomic mass is 10.2. The minimum Gasteiger partial charge on any atom is -0.494 e. The van der Waals surface area contributed by atoms with E-state index in [9.17, 15) is 12.8 Å². The predicted octanol–water partition coefficient (Wildman–Crippen LogP) is 2.53. The van der Waals surface area contributed by atoms with E-state index in [4.69, 9.17) is 16.3 Å². The average Bonchev–Trinajstić information content (AvgIpc) is 3.09. The molecule has 0 unspecified atom stereocenters. The highest BCUT2D eigenvalue weighted by atomic mass is 35.5. The number of sulfonamides is 1. The molecule has 0 saturated heterocycles. The number of benzene rings is 1. The molecule has 11 heteroatoms.